The van der Waals surface area contributed by atoms with Gasteiger partial charge in [0, 0.05) is 13.1 Å². The largest absolute Gasteiger partial charge is 0.497 e. The van der Waals surface area contributed by atoms with Gasteiger partial charge in [-0.2, -0.15) is 18.4 Å². The number of hydrogen-bond acceptors (Lipinski definition) is 3. The summed E-state index contributed by atoms with van der Waals surface area (Å²) < 4.78 is 42.4. The van der Waals surface area contributed by atoms with Crippen LogP contribution in [0.25, 0.3) is 0 Å². The number of nitriles is 1. The molecule has 0 bridgehead atoms. The van der Waals surface area contributed by atoms with Gasteiger partial charge in [-0.3, -0.25) is 4.90 Å². The molecular formula is C15H17F3N2O. The quantitative estimate of drug-likeness (QED) is 0.860. The minimum Gasteiger partial charge on any atom is -0.497 e. The Kier molecular flexibility index (Phi) is 4.43. The fraction of sp³-hybridized carbons (Fsp3) is 0.533. The maximum absolute atomic E-state index is 12.4. The molecule has 1 aromatic rings. The van der Waals surface area contributed by atoms with Gasteiger partial charge in [0.25, 0.3) is 0 Å². The first-order chi connectivity index (χ1) is 9.88. The summed E-state index contributed by atoms with van der Waals surface area (Å²) in [5.41, 5.74) is 0.0902. The van der Waals surface area contributed by atoms with E-state index in [1.807, 2.05) is 6.07 Å². The first kappa shape index (κ1) is 15.6. The molecule has 0 amide bonds. The first-order valence-corrected chi connectivity index (χ1v) is 6.73. The third-order valence-corrected chi connectivity index (χ3v) is 3.95. The zero-order chi connectivity index (χ0) is 15.5. The van der Waals surface area contributed by atoms with Gasteiger partial charge in [0.2, 0.25) is 0 Å². The summed E-state index contributed by atoms with van der Waals surface area (Å²) in [7, 11) is 1.55. The van der Waals surface area contributed by atoms with Crippen LogP contribution in [0.2, 0.25) is 0 Å². The molecule has 0 spiro atoms. The van der Waals surface area contributed by atoms with Crippen LogP contribution in [0, 0.1) is 11.3 Å². The van der Waals surface area contributed by atoms with E-state index in [1.165, 1.54) is 4.90 Å². The van der Waals surface area contributed by atoms with E-state index in [2.05, 4.69) is 6.07 Å². The molecule has 6 heteroatoms. The third kappa shape index (κ3) is 3.67. The van der Waals surface area contributed by atoms with Gasteiger partial charge in [-0.05, 0) is 30.5 Å². The molecule has 0 N–H and O–H groups in total. The lowest BCUT2D eigenvalue weighted by molar-refractivity contribution is -0.148. The molecule has 1 aliphatic heterocycles. The zero-order valence-electron chi connectivity index (χ0n) is 11.8. The van der Waals surface area contributed by atoms with Gasteiger partial charge in [-0.15, -0.1) is 0 Å². The number of methoxy groups -OCH3 is 1. The highest BCUT2D eigenvalue weighted by molar-refractivity contribution is 5.38. The lowest BCUT2D eigenvalue weighted by atomic mass is 9.74. The molecule has 2 rings (SSSR count). The summed E-state index contributed by atoms with van der Waals surface area (Å²) in [6.07, 6.45) is -3.40. The normalized spacial score (nSPS) is 19.0. The highest BCUT2D eigenvalue weighted by Crippen LogP contribution is 2.37. The smallest absolute Gasteiger partial charge is 0.401 e. The maximum atomic E-state index is 12.4. The summed E-state index contributed by atoms with van der Waals surface area (Å²) in [6.45, 7) is -0.374. The number of alkyl halides is 3. The molecule has 1 aromatic carbocycles. The number of hydrogen-bond donors (Lipinski definition) is 0. The van der Waals surface area contributed by atoms with E-state index < -0.39 is 18.1 Å². The fourth-order valence-electron chi connectivity index (χ4n) is 2.73. The van der Waals surface area contributed by atoms with Crippen molar-refractivity contribution in [1.82, 2.24) is 4.90 Å². The number of piperidine rings is 1. The van der Waals surface area contributed by atoms with Crippen molar-refractivity contribution in [2.45, 2.75) is 24.4 Å². The van der Waals surface area contributed by atoms with Gasteiger partial charge in [0.1, 0.15) is 5.75 Å². The molecule has 1 saturated heterocycles. The van der Waals surface area contributed by atoms with E-state index in [-0.39, 0.29) is 13.1 Å². The number of benzene rings is 1. The Bertz CT molecular complexity index is 528. The van der Waals surface area contributed by atoms with Gasteiger partial charge in [0.15, 0.2) is 0 Å². The number of rotatable bonds is 3. The highest BCUT2D eigenvalue weighted by Gasteiger charge is 2.39. The molecule has 0 aliphatic carbocycles. The Morgan fingerprint density at radius 3 is 2.52 bits per heavy atom. The molecule has 114 valence electrons. The molecule has 1 fully saturated rings. The molecule has 1 heterocycles. The maximum Gasteiger partial charge on any atom is 0.401 e. The van der Waals surface area contributed by atoms with E-state index >= 15 is 0 Å². The molecule has 1 aliphatic rings. The van der Waals surface area contributed by atoms with Crippen molar-refractivity contribution in [3.8, 4) is 11.8 Å². The first-order valence-electron chi connectivity index (χ1n) is 6.73. The molecular weight excluding hydrogens is 281 g/mol. The Morgan fingerprint density at radius 2 is 2.00 bits per heavy atom. The van der Waals surface area contributed by atoms with E-state index in [4.69, 9.17) is 4.74 Å². The van der Waals surface area contributed by atoms with Crippen molar-refractivity contribution in [2.75, 3.05) is 26.7 Å². The second kappa shape index (κ2) is 5.94. The molecule has 21 heavy (non-hydrogen) atoms. The summed E-state index contributed by atoms with van der Waals surface area (Å²) in [6, 6.07) is 9.52. The van der Waals surface area contributed by atoms with Crippen molar-refractivity contribution >= 4 is 0 Å². The van der Waals surface area contributed by atoms with Gasteiger partial charge in [-0.1, -0.05) is 12.1 Å². The van der Waals surface area contributed by atoms with Crippen LogP contribution in [0.5, 0.6) is 5.75 Å². The van der Waals surface area contributed by atoms with Crippen LogP contribution in [-0.2, 0) is 5.41 Å². The molecule has 0 unspecified atom stereocenters. The van der Waals surface area contributed by atoms with Crippen molar-refractivity contribution < 1.29 is 17.9 Å². The Hall–Kier alpha value is -1.74. The van der Waals surface area contributed by atoms with Crippen LogP contribution in [0.3, 0.4) is 0 Å². The number of likely N-dealkylation sites (tertiary alicyclic amines) is 1. The molecule has 0 aromatic heterocycles. The standard InChI is InChI=1S/C15H17F3N2O/c1-21-13-4-2-3-12(9-13)14(10-19)5-7-20(8-6-14)11-15(16,17)18/h2-4,9H,5-8,11H2,1H3. The third-order valence-electron chi connectivity index (χ3n) is 3.95. The minimum atomic E-state index is -4.19. The average molecular weight is 298 g/mol. The lowest BCUT2D eigenvalue weighted by Crippen LogP contribution is -2.45. The number of halogens is 3. The molecule has 0 radical (unpaired) electrons. The van der Waals surface area contributed by atoms with Crippen LogP contribution < -0.4 is 4.74 Å². The predicted octanol–water partition coefficient (Wildman–Crippen LogP) is 3.11. The number of nitrogens with zero attached hydrogens (tertiary/aromatic N) is 2. The summed E-state index contributed by atoms with van der Waals surface area (Å²) >= 11 is 0. The average Bonchev–Trinajstić information content (AvgIpc) is 2.47. The van der Waals surface area contributed by atoms with E-state index in [1.54, 1.807) is 25.3 Å². The Balaban J connectivity index is 2.13. The van der Waals surface area contributed by atoms with E-state index in [9.17, 15) is 18.4 Å². The van der Waals surface area contributed by atoms with Crippen LogP contribution in [0.4, 0.5) is 13.2 Å². The van der Waals surface area contributed by atoms with Gasteiger partial charge >= 0.3 is 6.18 Å². The Morgan fingerprint density at radius 1 is 1.33 bits per heavy atom. The highest BCUT2D eigenvalue weighted by atomic mass is 19.4. The van der Waals surface area contributed by atoms with Crippen LogP contribution in [0.15, 0.2) is 24.3 Å². The van der Waals surface area contributed by atoms with Crippen molar-refractivity contribution in [1.29, 1.82) is 5.26 Å². The predicted molar refractivity (Wildman–Crippen MR) is 72.0 cm³/mol. The van der Waals surface area contributed by atoms with Gasteiger partial charge in [-0.25, -0.2) is 0 Å². The fourth-order valence-corrected chi connectivity index (χ4v) is 2.73. The Labute approximate surface area is 121 Å². The van der Waals surface area contributed by atoms with Crippen LogP contribution in [-0.4, -0.2) is 37.8 Å². The summed E-state index contributed by atoms with van der Waals surface area (Å²) in [4.78, 5) is 1.36. The molecule has 0 atom stereocenters. The van der Waals surface area contributed by atoms with E-state index in [0.717, 1.165) is 5.56 Å². The molecule has 3 nitrogen and oxygen atoms in total. The van der Waals surface area contributed by atoms with Gasteiger partial charge < -0.3 is 4.74 Å². The topological polar surface area (TPSA) is 36.3 Å². The van der Waals surface area contributed by atoms with Crippen molar-refractivity contribution in [3.05, 3.63) is 29.8 Å². The zero-order valence-corrected chi connectivity index (χ0v) is 11.8. The van der Waals surface area contributed by atoms with Crippen LogP contribution >= 0.6 is 0 Å². The summed E-state index contributed by atoms with van der Waals surface area (Å²) in [5, 5.41) is 9.55. The SMILES string of the molecule is COc1cccc(C2(C#N)CCN(CC(F)(F)F)CC2)c1. The second-order valence-electron chi connectivity index (χ2n) is 5.32. The van der Waals surface area contributed by atoms with Crippen molar-refractivity contribution in [3.63, 3.8) is 0 Å². The van der Waals surface area contributed by atoms with Crippen molar-refractivity contribution in [2.24, 2.45) is 0 Å². The summed E-state index contributed by atoms with van der Waals surface area (Å²) in [5.74, 6) is 0.653. The number of ether oxygens (including phenoxy) is 1. The molecule has 0 saturated carbocycles. The lowest BCUT2D eigenvalue weighted by Gasteiger charge is -2.37. The monoisotopic (exact) mass is 298 g/mol. The van der Waals surface area contributed by atoms with Crippen LogP contribution in [0.1, 0.15) is 18.4 Å². The second-order valence-corrected chi connectivity index (χ2v) is 5.32. The van der Waals surface area contributed by atoms with Gasteiger partial charge in [0.05, 0.1) is 25.1 Å². The van der Waals surface area contributed by atoms with E-state index in [0.29, 0.717) is 18.6 Å². The minimum absolute atomic E-state index is 0.268.